The molecule has 1 saturated carbocycles. The Hall–Kier alpha value is -2.11. The summed E-state index contributed by atoms with van der Waals surface area (Å²) in [5.74, 6) is -1.61. The minimum atomic E-state index is -0.738. The summed E-state index contributed by atoms with van der Waals surface area (Å²) >= 11 is 0. The molecule has 96 valence electrons. The van der Waals surface area contributed by atoms with Gasteiger partial charge in [-0.25, -0.2) is 9.18 Å². The van der Waals surface area contributed by atoms with Crippen molar-refractivity contribution in [2.24, 2.45) is 0 Å². The molecule has 1 aromatic rings. The van der Waals surface area contributed by atoms with Crippen LogP contribution in [-0.2, 0) is 9.53 Å². The average Bonchev–Trinajstić information content (AvgIpc) is 3.10. The SMILES string of the molecule is Nc1cc(F)ccc1C(=O)OCC(=O)NC1CC1. The average molecular weight is 252 g/mol. The molecule has 0 unspecified atom stereocenters. The van der Waals surface area contributed by atoms with Crippen LogP contribution >= 0.6 is 0 Å². The highest BCUT2D eigenvalue weighted by molar-refractivity contribution is 5.96. The van der Waals surface area contributed by atoms with Crippen molar-refractivity contribution in [1.29, 1.82) is 0 Å². The summed E-state index contributed by atoms with van der Waals surface area (Å²) in [4.78, 5) is 22.9. The van der Waals surface area contributed by atoms with E-state index < -0.39 is 11.8 Å². The van der Waals surface area contributed by atoms with E-state index in [1.54, 1.807) is 0 Å². The van der Waals surface area contributed by atoms with E-state index in [1.807, 2.05) is 0 Å². The van der Waals surface area contributed by atoms with Gasteiger partial charge in [-0.15, -0.1) is 0 Å². The Balaban J connectivity index is 1.88. The standard InChI is InChI=1S/C12H13FN2O3/c13-7-1-4-9(10(14)5-7)12(17)18-6-11(16)15-8-2-3-8/h1,4-5,8H,2-3,6,14H2,(H,15,16). The van der Waals surface area contributed by atoms with E-state index in [9.17, 15) is 14.0 Å². The number of nitrogens with two attached hydrogens (primary N) is 1. The highest BCUT2D eigenvalue weighted by Crippen LogP contribution is 2.18. The Morgan fingerprint density at radius 2 is 2.17 bits per heavy atom. The fourth-order valence-corrected chi connectivity index (χ4v) is 1.43. The largest absolute Gasteiger partial charge is 0.452 e. The Morgan fingerprint density at radius 3 is 2.78 bits per heavy atom. The van der Waals surface area contributed by atoms with Gasteiger partial charge in [0.15, 0.2) is 6.61 Å². The lowest BCUT2D eigenvalue weighted by atomic mass is 10.2. The number of carbonyl (C=O) groups excluding carboxylic acids is 2. The first kappa shape index (κ1) is 12.3. The molecule has 0 radical (unpaired) electrons. The lowest BCUT2D eigenvalue weighted by molar-refractivity contribution is -0.124. The van der Waals surface area contributed by atoms with Crippen molar-refractivity contribution < 1.29 is 18.7 Å². The van der Waals surface area contributed by atoms with Crippen molar-refractivity contribution in [2.75, 3.05) is 12.3 Å². The monoisotopic (exact) mass is 252 g/mol. The summed E-state index contributed by atoms with van der Waals surface area (Å²) in [5, 5.41) is 2.68. The molecule has 0 saturated heterocycles. The second kappa shape index (κ2) is 5.03. The van der Waals surface area contributed by atoms with Crippen molar-refractivity contribution in [1.82, 2.24) is 5.32 Å². The number of nitrogens with one attached hydrogen (secondary N) is 1. The van der Waals surface area contributed by atoms with Crippen LogP contribution in [0.4, 0.5) is 10.1 Å². The molecule has 0 aromatic heterocycles. The number of hydrogen-bond donors (Lipinski definition) is 2. The van der Waals surface area contributed by atoms with Crippen LogP contribution in [0.25, 0.3) is 0 Å². The first-order valence-corrected chi connectivity index (χ1v) is 5.58. The Kier molecular flexibility index (Phi) is 3.45. The third kappa shape index (κ3) is 3.19. The summed E-state index contributed by atoms with van der Waals surface area (Å²) in [5.41, 5.74) is 5.52. The first-order chi connectivity index (χ1) is 8.56. The van der Waals surface area contributed by atoms with Crippen LogP contribution in [0.1, 0.15) is 23.2 Å². The smallest absolute Gasteiger partial charge is 0.340 e. The fraction of sp³-hybridized carbons (Fsp3) is 0.333. The number of hydrogen-bond acceptors (Lipinski definition) is 4. The number of benzene rings is 1. The Labute approximate surface area is 103 Å². The third-order valence-corrected chi connectivity index (χ3v) is 2.51. The molecule has 0 aliphatic heterocycles. The zero-order chi connectivity index (χ0) is 13.1. The van der Waals surface area contributed by atoms with Crippen LogP contribution in [0.2, 0.25) is 0 Å². The maximum atomic E-state index is 12.8. The van der Waals surface area contributed by atoms with E-state index >= 15 is 0 Å². The van der Waals surface area contributed by atoms with Crippen molar-refractivity contribution in [2.45, 2.75) is 18.9 Å². The number of carbonyl (C=O) groups is 2. The van der Waals surface area contributed by atoms with Gasteiger partial charge in [0.2, 0.25) is 0 Å². The molecule has 2 rings (SSSR count). The van der Waals surface area contributed by atoms with Crippen molar-refractivity contribution in [3.8, 4) is 0 Å². The summed E-state index contributed by atoms with van der Waals surface area (Å²) in [7, 11) is 0. The minimum absolute atomic E-state index is 0.0115. The van der Waals surface area contributed by atoms with Crippen LogP contribution in [0.15, 0.2) is 18.2 Å². The summed E-state index contributed by atoms with van der Waals surface area (Å²) in [6.07, 6.45) is 1.93. The Morgan fingerprint density at radius 1 is 1.44 bits per heavy atom. The fourth-order valence-electron chi connectivity index (χ4n) is 1.43. The molecule has 1 aliphatic carbocycles. The van der Waals surface area contributed by atoms with E-state index in [2.05, 4.69) is 5.32 Å². The van der Waals surface area contributed by atoms with Crippen LogP contribution in [-0.4, -0.2) is 24.5 Å². The molecule has 18 heavy (non-hydrogen) atoms. The number of nitrogen functional groups attached to an aromatic ring is 1. The van der Waals surface area contributed by atoms with Gasteiger partial charge in [0.1, 0.15) is 5.82 Å². The van der Waals surface area contributed by atoms with Crippen LogP contribution in [0, 0.1) is 5.82 Å². The highest BCUT2D eigenvalue weighted by Gasteiger charge is 2.23. The van der Waals surface area contributed by atoms with Gasteiger partial charge in [0.25, 0.3) is 5.91 Å². The van der Waals surface area contributed by atoms with E-state index in [1.165, 1.54) is 6.07 Å². The molecule has 0 bridgehead atoms. The summed E-state index contributed by atoms with van der Waals surface area (Å²) in [6.45, 7) is -0.355. The van der Waals surface area contributed by atoms with Gasteiger partial charge < -0.3 is 15.8 Å². The van der Waals surface area contributed by atoms with E-state index in [4.69, 9.17) is 10.5 Å². The second-order valence-corrected chi connectivity index (χ2v) is 4.15. The summed E-state index contributed by atoms with van der Waals surface area (Å²) < 4.78 is 17.6. The van der Waals surface area contributed by atoms with Gasteiger partial charge >= 0.3 is 5.97 Å². The molecular weight excluding hydrogens is 239 g/mol. The lowest BCUT2D eigenvalue weighted by Gasteiger charge is -2.07. The maximum absolute atomic E-state index is 12.8. The van der Waals surface area contributed by atoms with Crippen LogP contribution in [0.5, 0.6) is 0 Å². The number of esters is 1. The molecule has 1 fully saturated rings. The predicted octanol–water partition coefficient (Wildman–Crippen LogP) is 0.843. The van der Waals surface area contributed by atoms with E-state index in [0.29, 0.717) is 0 Å². The number of rotatable bonds is 4. The van der Waals surface area contributed by atoms with Gasteiger partial charge in [0, 0.05) is 11.7 Å². The molecule has 1 amide bonds. The molecular formula is C12H13FN2O3. The van der Waals surface area contributed by atoms with Crippen molar-refractivity contribution in [3.05, 3.63) is 29.6 Å². The highest BCUT2D eigenvalue weighted by atomic mass is 19.1. The maximum Gasteiger partial charge on any atom is 0.340 e. The normalized spacial score (nSPS) is 14.1. The molecule has 6 heteroatoms. The zero-order valence-electron chi connectivity index (χ0n) is 9.61. The second-order valence-electron chi connectivity index (χ2n) is 4.15. The lowest BCUT2D eigenvalue weighted by Crippen LogP contribution is -2.30. The Bertz CT molecular complexity index is 486. The molecule has 0 heterocycles. The molecule has 0 spiro atoms. The number of halogens is 1. The molecule has 3 N–H and O–H groups in total. The predicted molar refractivity (Wildman–Crippen MR) is 62.3 cm³/mol. The minimum Gasteiger partial charge on any atom is -0.452 e. The topological polar surface area (TPSA) is 81.4 Å². The zero-order valence-corrected chi connectivity index (χ0v) is 9.61. The molecule has 0 atom stereocenters. The van der Waals surface area contributed by atoms with Crippen LogP contribution < -0.4 is 11.1 Å². The van der Waals surface area contributed by atoms with E-state index in [-0.39, 0.29) is 29.8 Å². The third-order valence-electron chi connectivity index (χ3n) is 2.51. The molecule has 5 nitrogen and oxygen atoms in total. The van der Waals surface area contributed by atoms with E-state index in [0.717, 1.165) is 25.0 Å². The van der Waals surface area contributed by atoms with Gasteiger partial charge in [-0.05, 0) is 31.0 Å². The summed E-state index contributed by atoms with van der Waals surface area (Å²) in [6, 6.07) is 3.58. The van der Waals surface area contributed by atoms with Gasteiger partial charge in [-0.1, -0.05) is 0 Å². The van der Waals surface area contributed by atoms with Gasteiger partial charge in [-0.2, -0.15) is 0 Å². The number of anilines is 1. The first-order valence-electron chi connectivity index (χ1n) is 5.58. The van der Waals surface area contributed by atoms with Gasteiger partial charge in [-0.3, -0.25) is 4.79 Å². The van der Waals surface area contributed by atoms with Gasteiger partial charge in [0.05, 0.1) is 5.56 Å². The molecule has 1 aromatic carbocycles. The number of amides is 1. The quantitative estimate of drug-likeness (QED) is 0.614. The van der Waals surface area contributed by atoms with Crippen LogP contribution in [0.3, 0.4) is 0 Å². The number of ether oxygens (including phenoxy) is 1. The van der Waals surface area contributed by atoms with Crippen molar-refractivity contribution >= 4 is 17.6 Å². The van der Waals surface area contributed by atoms with Crippen molar-refractivity contribution in [3.63, 3.8) is 0 Å². The molecule has 1 aliphatic rings.